The Balaban J connectivity index is 1.70. The van der Waals surface area contributed by atoms with Crippen molar-refractivity contribution in [3.63, 3.8) is 0 Å². The summed E-state index contributed by atoms with van der Waals surface area (Å²) in [4.78, 5) is 32.2. The van der Waals surface area contributed by atoms with E-state index in [0.717, 1.165) is 15.0 Å². The average Bonchev–Trinajstić information content (AvgIpc) is 3.13. The summed E-state index contributed by atoms with van der Waals surface area (Å²) in [6.45, 7) is 0.394. The molecule has 1 aromatic heterocycles. The number of fused-ring (bicyclic) bond motifs is 1. The maximum absolute atomic E-state index is 13.6. The topological polar surface area (TPSA) is 58.4 Å². The first kappa shape index (κ1) is 18.1. The van der Waals surface area contributed by atoms with Gasteiger partial charge in [0.2, 0.25) is 0 Å². The SMILES string of the molecule is Cc1ccc(N2C(=O)N(Cc3nc4ccccc4n3C(F)F)C(=O)C2C)cc1. The molecule has 0 N–H and O–H groups in total. The molecule has 0 aliphatic carbocycles. The van der Waals surface area contributed by atoms with Gasteiger partial charge in [-0.3, -0.25) is 19.2 Å². The van der Waals surface area contributed by atoms with E-state index < -0.39 is 24.5 Å². The summed E-state index contributed by atoms with van der Waals surface area (Å²) in [5.41, 5.74) is 2.26. The van der Waals surface area contributed by atoms with E-state index in [9.17, 15) is 18.4 Å². The fourth-order valence-electron chi connectivity index (χ4n) is 3.48. The molecule has 4 rings (SSSR count). The van der Waals surface area contributed by atoms with Gasteiger partial charge in [-0.15, -0.1) is 0 Å². The quantitative estimate of drug-likeness (QED) is 0.637. The summed E-state index contributed by atoms with van der Waals surface area (Å²) in [7, 11) is 0. The van der Waals surface area contributed by atoms with Crippen molar-refractivity contribution in [1.82, 2.24) is 14.5 Å². The van der Waals surface area contributed by atoms with Crippen LogP contribution >= 0.6 is 0 Å². The van der Waals surface area contributed by atoms with E-state index in [4.69, 9.17) is 0 Å². The molecular weight excluding hydrogens is 366 g/mol. The van der Waals surface area contributed by atoms with Crippen LogP contribution in [-0.4, -0.2) is 32.4 Å². The lowest BCUT2D eigenvalue weighted by atomic mass is 10.2. The summed E-state index contributed by atoms with van der Waals surface area (Å²) < 4.78 is 28.0. The lowest BCUT2D eigenvalue weighted by molar-refractivity contribution is -0.127. The van der Waals surface area contributed by atoms with E-state index in [1.165, 1.54) is 11.0 Å². The van der Waals surface area contributed by atoms with E-state index in [1.54, 1.807) is 37.3 Å². The van der Waals surface area contributed by atoms with Gasteiger partial charge in [-0.2, -0.15) is 8.78 Å². The van der Waals surface area contributed by atoms with Gasteiger partial charge in [0.05, 0.1) is 17.6 Å². The van der Waals surface area contributed by atoms with Gasteiger partial charge in [0, 0.05) is 5.69 Å². The number of hydrogen-bond donors (Lipinski definition) is 0. The number of alkyl halides is 2. The second-order valence-corrected chi connectivity index (χ2v) is 6.75. The third-order valence-corrected chi connectivity index (χ3v) is 4.92. The lowest BCUT2D eigenvalue weighted by Gasteiger charge is -2.19. The van der Waals surface area contributed by atoms with Crippen molar-refractivity contribution in [2.45, 2.75) is 33.0 Å². The molecule has 1 unspecified atom stereocenters. The molecule has 1 atom stereocenters. The van der Waals surface area contributed by atoms with Crippen LogP contribution in [0.2, 0.25) is 0 Å². The van der Waals surface area contributed by atoms with Crippen LogP contribution in [0.15, 0.2) is 48.5 Å². The van der Waals surface area contributed by atoms with E-state index >= 15 is 0 Å². The molecule has 0 saturated carbocycles. The first-order chi connectivity index (χ1) is 13.4. The molecule has 3 aromatic rings. The van der Waals surface area contributed by atoms with Crippen LogP contribution in [-0.2, 0) is 11.3 Å². The highest BCUT2D eigenvalue weighted by molar-refractivity contribution is 6.13. The minimum atomic E-state index is -2.83. The van der Waals surface area contributed by atoms with Crippen molar-refractivity contribution in [2.75, 3.05) is 4.90 Å². The number of amides is 3. The lowest BCUT2D eigenvalue weighted by Crippen LogP contribution is -2.34. The number of para-hydroxylation sites is 2. The predicted molar refractivity (Wildman–Crippen MR) is 100 cm³/mol. The van der Waals surface area contributed by atoms with Crippen LogP contribution in [0.3, 0.4) is 0 Å². The van der Waals surface area contributed by atoms with Crippen LogP contribution < -0.4 is 4.90 Å². The highest BCUT2D eigenvalue weighted by atomic mass is 19.3. The molecule has 2 heterocycles. The molecule has 3 amide bonds. The Morgan fingerprint density at radius 1 is 1.07 bits per heavy atom. The van der Waals surface area contributed by atoms with Crippen molar-refractivity contribution in [1.29, 1.82) is 0 Å². The van der Waals surface area contributed by atoms with Crippen LogP contribution in [0.1, 0.15) is 24.9 Å². The molecule has 2 aromatic carbocycles. The molecule has 1 aliphatic rings. The number of benzene rings is 2. The second-order valence-electron chi connectivity index (χ2n) is 6.75. The number of aryl methyl sites for hydroxylation is 1. The minimum Gasteiger partial charge on any atom is -0.282 e. The summed E-state index contributed by atoms with van der Waals surface area (Å²) in [5, 5.41) is 0. The van der Waals surface area contributed by atoms with Gasteiger partial charge in [-0.05, 0) is 38.1 Å². The summed E-state index contributed by atoms with van der Waals surface area (Å²) >= 11 is 0. The van der Waals surface area contributed by atoms with Gasteiger partial charge in [0.1, 0.15) is 11.9 Å². The van der Waals surface area contributed by atoms with E-state index in [0.29, 0.717) is 11.2 Å². The Hall–Kier alpha value is -3.29. The van der Waals surface area contributed by atoms with Crippen LogP contribution in [0.25, 0.3) is 11.0 Å². The van der Waals surface area contributed by atoms with Crippen molar-refractivity contribution >= 4 is 28.7 Å². The van der Waals surface area contributed by atoms with Crippen molar-refractivity contribution < 1.29 is 18.4 Å². The Morgan fingerprint density at radius 3 is 2.43 bits per heavy atom. The maximum atomic E-state index is 13.6. The molecular formula is C20H18F2N4O2. The number of imidazole rings is 1. The number of carbonyl (C=O) groups excluding carboxylic acids is 2. The molecule has 0 bridgehead atoms. The third kappa shape index (κ3) is 2.81. The Morgan fingerprint density at radius 2 is 1.75 bits per heavy atom. The third-order valence-electron chi connectivity index (χ3n) is 4.92. The first-order valence-corrected chi connectivity index (χ1v) is 8.83. The molecule has 8 heteroatoms. The van der Waals surface area contributed by atoms with E-state index in [2.05, 4.69) is 4.98 Å². The zero-order valence-electron chi connectivity index (χ0n) is 15.3. The largest absolute Gasteiger partial charge is 0.332 e. The van der Waals surface area contributed by atoms with Gasteiger partial charge in [0.15, 0.2) is 0 Å². The Labute approximate surface area is 160 Å². The molecule has 0 spiro atoms. The standard InChI is InChI=1S/C20H18F2N4O2/c1-12-7-9-14(10-8-12)25-13(2)18(27)24(20(25)28)11-17-23-15-5-3-4-6-16(15)26(17)19(21)22/h3-10,13,19H,11H2,1-2H3. The number of imide groups is 1. The molecule has 144 valence electrons. The van der Waals surface area contributed by atoms with Crippen molar-refractivity contribution in [3.05, 3.63) is 59.9 Å². The van der Waals surface area contributed by atoms with Gasteiger partial charge in [-0.25, -0.2) is 9.78 Å². The van der Waals surface area contributed by atoms with Crippen LogP contribution in [0.5, 0.6) is 0 Å². The molecule has 1 saturated heterocycles. The minimum absolute atomic E-state index is 0.0316. The van der Waals surface area contributed by atoms with Gasteiger partial charge in [-0.1, -0.05) is 29.8 Å². The first-order valence-electron chi connectivity index (χ1n) is 8.83. The number of anilines is 1. The number of aromatic nitrogens is 2. The Bertz CT molecular complexity index is 1060. The summed E-state index contributed by atoms with van der Waals surface area (Å²) in [5.74, 6) is -0.477. The average molecular weight is 384 g/mol. The predicted octanol–water partition coefficient (Wildman–Crippen LogP) is 4.10. The smallest absolute Gasteiger partial charge is 0.282 e. The normalized spacial score (nSPS) is 17.4. The number of rotatable bonds is 4. The van der Waals surface area contributed by atoms with E-state index in [1.807, 2.05) is 19.1 Å². The van der Waals surface area contributed by atoms with Crippen molar-refractivity contribution in [3.8, 4) is 0 Å². The van der Waals surface area contributed by atoms with Gasteiger partial charge in [0.25, 0.3) is 5.91 Å². The summed E-state index contributed by atoms with van der Waals surface area (Å²) in [6.07, 6.45) is 0. The van der Waals surface area contributed by atoms with E-state index in [-0.39, 0.29) is 17.9 Å². The van der Waals surface area contributed by atoms with Crippen LogP contribution in [0.4, 0.5) is 19.3 Å². The molecule has 1 fully saturated rings. The molecule has 28 heavy (non-hydrogen) atoms. The number of carbonyl (C=O) groups is 2. The Kier molecular flexibility index (Phi) is 4.33. The molecule has 1 aliphatic heterocycles. The zero-order chi connectivity index (χ0) is 20.0. The number of hydrogen-bond acceptors (Lipinski definition) is 3. The zero-order valence-corrected chi connectivity index (χ0v) is 15.3. The highest BCUT2D eigenvalue weighted by Crippen LogP contribution is 2.29. The summed E-state index contributed by atoms with van der Waals surface area (Å²) in [6, 6.07) is 12.4. The number of halogens is 2. The fraction of sp³-hybridized carbons (Fsp3) is 0.250. The highest BCUT2D eigenvalue weighted by Gasteiger charge is 2.44. The number of urea groups is 1. The number of nitrogens with zero attached hydrogens (tertiary/aromatic N) is 4. The second kappa shape index (κ2) is 6.70. The van der Waals surface area contributed by atoms with Gasteiger partial charge >= 0.3 is 12.6 Å². The fourth-order valence-corrected chi connectivity index (χ4v) is 3.48. The molecule has 0 radical (unpaired) electrons. The molecule has 6 nitrogen and oxygen atoms in total. The maximum Gasteiger partial charge on any atom is 0.332 e. The van der Waals surface area contributed by atoms with Crippen LogP contribution in [0, 0.1) is 6.92 Å². The van der Waals surface area contributed by atoms with Crippen molar-refractivity contribution in [2.24, 2.45) is 0 Å². The monoisotopic (exact) mass is 384 g/mol. The van der Waals surface area contributed by atoms with Gasteiger partial charge < -0.3 is 0 Å².